The number of nitrogens with one attached hydrogen (secondary N) is 2. The fourth-order valence-corrected chi connectivity index (χ4v) is 4.00. The van der Waals surface area contributed by atoms with Crippen molar-refractivity contribution in [3.05, 3.63) is 53.0 Å². The average Bonchev–Trinajstić information content (AvgIpc) is 3.26. The number of para-hydroxylation sites is 1. The summed E-state index contributed by atoms with van der Waals surface area (Å²) in [6.07, 6.45) is 2.94. The van der Waals surface area contributed by atoms with Crippen LogP contribution in [0, 0.1) is 0 Å². The fourth-order valence-electron chi connectivity index (χ4n) is 4.00. The molecular formula is C23H29N5O3. The number of rotatable bonds is 4. The standard InChI is InChI=1S/C23H29N5O3/c1-23(2,3)31-22(30)28-12-10-19-17(14-28)20(27(4)26-19)21(29)24-11-9-15-13-25-18-8-6-5-7-16(15)18/h5-8,13,25H,9-12,14H2,1-4H3,(H,24,29). The predicted molar refractivity (Wildman–Crippen MR) is 118 cm³/mol. The SMILES string of the molecule is Cn1nc2c(c1C(=O)NCCc1c[nH]c3ccccc13)CN(C(=O)OC(C)(C)C)CC2. The summed E-state index contributed by atoms with van der Waals surface area (Å²) < 4.78 is 7.11. The Morgan fingerprint density at radius 3 is 2.81 bits per heavy atom. The highest BCUT2D eigenvalue weighted by Crippen LogP contribution is 2.24. The molecule has 0 saturated heterocycles. The van der Waals surface area contributed by atoms with Gasteiger partial charge in [0.1, 0.15) is 11.3 Å². The third-order valence-corrected chi connectivity index (χ3v) is 5.42. The largest absolute Gasteiger partial charge is 0.444 e. The summed E-state index contributed by atoms with van der Waals surface area (Å²) in [4.78, 5) is 30.4. The first-order chi connectivity index (χ1) is 14.7. The fraction of sp³-hybridized carbons (Fsp3) is 0.435. The summed E-state index contributed by atoms with van der Waals surface area (Å²) in [5.41, 5.74) is 3.86. The van der Waals surface area contributed by atoms with Crippen LogP contribution in [0.25, 0.3) is 10.9 Å². The van der Waals surface area contributed by atoms with Gasteiger partial charge in [0.25, 0.3) is 5.91 Å². The van der Waals surface area contributed by atoms with Crippen LogP contribution >= 0.6 is 0 Å². The van der Waals surface area contributed by atoms with Crippen molar-refractivity contribution in [1.82, 2.24) is 25.0 Å². The number of hydrogen-bond acceptors (Lipinski definition) is 4. The molecule has 0 radical (unpaired) electrons. The van der Waals surface area contributed by atoms with Gasteiger partial charge in [-0.2, -0.15) is 5.10 Å². The molecule has 0 bridgehead atoms. The predicted octanol–water partition coefficient (Wildman–Crippen LogP) is 3.17. The topological polar surface area (TPSA) is 92.3 Å². The minimum Gasteiger partial charge on any atom is -0.444 e. The van der Waals surface area contributed by atoms with Crippen molar-refractivity contribution in [3.8, 4) is 0 Å². The van der Waals surface area contributed by atoms with Crippen LogP contribution in [0.15, 0.2) is 30.5 Å². The van der Waals surface area contributed by atoms with E-state index in [1.54, 1.807) is 16.6 Å². The molecule has 1 aromatic carbocycles. The molecule has 0 aliphatic carbocycles. The Labute approximate surface area is 181 Å². The lowest BCUT2D eigenvalue weighted by Gasteiger charge is -2.29. The first-order valence-corrected chi connectivity index (χ1v) is 10.6. The maximum absolute atomic E-state index is 13.0. The number of carbonyl (C=O) groups is 2. The number of hydrogen-bond donors (Lipinski definition) is 2. The molecule has 8 heteroatoms. The third-order valence-electron chi connectivity index (χ3n) is 5.42. The van der Waals surface area contributed by atoms with Gasteiger partial charge in [0.2, 0.25) is 0 Å². The van der Waals surface area contributed by atoms with Crippen LogP contribution in [-0.4, -0.2) is 50.4 Å². The van der Waals surface area contributed by atoms with E-state index in [1.165, 1.54) is 10.9 Å². The number of fused-ring (bicyclic) bond motifs is 2. The van der Waals surface area contributed by atoms with E-state index >= 15 is 0 Å². The van der Waals surface area contributed by atoms with Gasteiger partial charge in [-0.3, -0.25) is 9.48 Å². The third kappa shape index (κ3) is 4.42. The van der Waals surface area contributed by atoms with Gasteiger partial charge in [0, 0.05) is 49.2 Å². The van der Waals surface area contributed by atoms with Crippen LogP contribution in [0.4, 0.5) is 4.79 Å². The van der Waals surface area contributed by atoms with Crippen molar-refractivity contribution in [2.24, 2.45) is 7.05 Å². The summed E-state index contributed by atoms with van der Waals surface area (Å²) in [6.45, 7) is 6.89. The maximum Gasteiger partial charge on any atom is 0.410 e. The number of amides is 2. The van der Waals surface area contributed by atoms with E-state index in [0.717, 1.165) is 23.2 Å². The Hall–Kier alpha value is -3.29. The van der Waals surface area contributed by atoms with Gasteiger partial charge >= 0.3 is 6.09 Å². The van der Waals surface area contributed by atoms with Crippen molar-refractivity contribution < 1.29 is 14.3 Å². The van der Waals surface area contributed by atoms with Crippen LogP contribution in [0.1, 0.15) is 48.1 Å². The van der Waals surface area contributed by atoms with Crippen LogP contribution in [-0.2, 0) is 31.2 Å². The molecule has 4 rings (SSSR count). The normalized spacial score (nSPS) is 13.9. The summed E-state index contributed by atoms with van der Waals surface area (Å²) in [5, 5.41) is 8.69. The summed E-state index contributed by atoms with van der Waals surface area (Å²) in [5.74, 6) is -0.179. The zero-order valence-corrected chi connectivity index (χ0v) is 18.5. The van der Waals surface area contributed by atoms with Crippen LogP contribution < -0.4 is 5.32 Å². The molecule has 0 unspecified atom stereocenters. The van der Waals surface area contributed by atoms with Crippen LogP contribution in [0.2, 0.25) is 0 Å². The molecule has 1 aliphatic heterocycles. The zero-order chi connectivity index (χ0) is 22.2. The number of nitrogens with zero attached hydrogens (tertiary/aromatic N) is 3. The Morgan fingerprint density at radius 2 is 2.03 bits per heavy atom. The second-order valence-corrected chi connectivity index (χ2v) is 8.91. The second kappa shape index (κ2) is 8.09. The monoisotopic (exact) mass is 423 g/mol. The van der Waals surface area contributed by atoms with Crippen LogP contribution in [0.5, 0.6) is 0 Å². The Morgan fingerprint density at radius 1 is 1.26 bits per heavy atom. The molecule has 31 heavy (non-hydrogen) atoms. The molecule has 1 aliphatic rings. The Kier molecular flexibility index (Phi) is 5.47. The number of ether oxygens (including phenoxy) is 1. The molecule has 3 aromatic rings. The van der Waals surface area contributed by atoms with E-state index < -0.39 is 5.60 Å². The number of carbonyl (C=O) groups excluding carboxylic acids is 2. The molecule has 0 saturated carbocycles. The summed E-state index contributed by atoms with van der Waals surface area (Å²) in [6, 6.07) is 8.12. The molecule has 0 fully saturated rings. The number of H-pyrrole nitrogens is 1. The van der Waals surface area contributed by atoms with Crippen molar-refractivity contribution in [2.45, 2.75) is 45.8 Å². The Bertz CT molecular complexity index is 1120. The van der Waals surface area contributed by atoms with Crippen LogP contribution in [0.3, 0.4) is 0 Å². The molecule has 8 nitrogen and oxygen atoms in total. The van der Waals surface area contributed by atoms with Crippen molar-refractivity contribution in [2.75, 3.05) is 13.1 Å². The lowest BCUT2D eigenvalue weighted by atomic mass is 10.0. The van der Waals surface area contributed by atoms with Gasteiger partial charge in [-0.25, -0.2) is 4.79 Å². The van der Waals surface area contributed by atoms with E-state index in [9.17, 15) is 9.59 Å². The van der Waals surface area contributed by atoms with E-state index in [-0.39, 0.29) is 12.0 Å². The number of aromatic amines is 1. The molecule has 2 N–H and O–H groups in total. The van der Waals surface area contributed by atoms with E-state index in [0.29, 0.717) is 31.7 Å². The first-order valence-electron chi connectivity index (χ1n) is 10.6. The molecule has 2 aromatic heterocycles. The summed E-state index contributed by atoms with van der Waals surface area (Å²) >= 11 is 0. The van der Waals surface area contributed by atoms with Crippen molar-refractivity contribution in [3.63, 3.8) is 0 Å². The number of aromatic nitrogens is 3. The minimum atomic E-state index is -0.561. The number of aryl methyl sites for hydroxylation is 1. The van der Waals surface area contributed by atoms with Gasteiger partial charge in [-0.15, -0.1) is 0 Å². The first kappa shape index (κ1) is 21.0. The zero-order valence-electron chi connectivity index (χ0n) is 18.5. The molecule has 0 atom stereocenters. The minimum absolute atomic E-state index is 0.179. The van der Waals surface area contributed by atoms with Gasteiger partial charge in [-0.05, 0) is 38.8 Å². The molecule has 3 heterocycles. The second-order valence-electron chi connectivity index (χ2n) is 8.91. The highest BCUT2D eigenvalue weighted by molar-refractivity contribution is 5.94. The quantitative estimate of drug-likeness (QED) is 0.674. The molecular weight excluding hydrogens is 394 g/mol. The molecule has 164 valence electrons. The van der Waals surface area contributed by atoms with Gasteiger partial charge in [0.05, 0.1) is 12.2 Å². The number of benzene rings is 1. The molecule has 0 spiro atoms. The van der Waals surface area contributed by atoms with E-state index in [4.69, 9.17) is 4.74 Å². The van der Waals surface area contributed by atoms with E-state index in [2.05, 4.69) is 21.5 Å². The highest BCUT2D eigenvalue weighted by atomic mass is 16.6. The van der Waals surface area contributed by atoms with Gasteiger partial charge < -0.3 is 19.9 Å². The smallest absolute Gasteiger partial charge is 0.410 e. The summed E-state index contributed by atoms with van der Waals surface area (Å²) in [7, 11) is 1.77. The Balaban J connectivity index is 1.43. The molecule has 2 amide bonds. The van der Waals surface area contributed by atoms with E-state index in [1.807, 2.05) is 45.2 Å². The maximum atomic E-state index is 13.0. The van der Waals surface area contributed by atoms with Crippen molar-refractivity contribution >= 4 is 22.9 Å². The average molecular weight is 424 g/mol. The van der Waals surface area contributed by atoms with Crippen molar-refractivity contribution in [1.29, 1.82) is 0 Å². The highest BCUT2D eigenvalue weighted by Gasteiger charge is 2.31. The van der Waals surface area contributed by atoms with Gasteiger partial charge in [0.15, 0.2) is 0 Å². The lowest BCUT2D eigenvalue weighted by molar-refractivity contribution is 0.0222. The lowest BCUT2D eigenvalue weighted by Crippen LogP contribution is -2.40. The van der Waals surface area contributed by atoms with Gasteiger partial charge in [-0.1, -0.05) is 18.2 Å².